The quantitative estimate of drug-likeness (QED) is 0.524. The van der Waals surface area contributed by atoms with Gasteiger partial charge in [0.05, 0.1) is 23.1 Å². The maximum absolute atomic E-state index is 12.8. The van der Waals surface area contributed by atoms with Crippen LogP contribution in [0, 0.1) is 0 Å². The zero-order valence-corrected chi connectivity index (χ0v) is 17.1. The van der Waals surface area contributed by atoms with E-state index in [1.54, 1.807) is 24.3 Å². The minimum Gasteiger partial charge on any atom is -0.274 e. The number of nitrogens with zero attached hydrogens (tertiary/aromatic N) is 4. The fraction of sp³-hybridized carbons (Fsp3) is 0.150. The molecule has 0 spiro atoms. The molecule has 4 rings (SSSR count). The van der Waals surface area contributed by atoms with Crippen LogP contribution in [0.2, 0.25) is 5.02 Å². The predicted molar refractivity (Wildman–Crippen MR) is 108 cm³/mol. The van der Waals surface area contributed by atoms with Crippen LogP contribution in [0.3, 0.4) is 0 Å². The number of thioether (sulfide) groups is 1. The molecule has 1 aliphatic rings. The smallest absolute Gasteiger partial charge is 0.274 e. The first kappa shape index (κ1) is 21.3. The number of anilines is 1. The molecule has 0 radical (unpaired) electrons. The molecule has 1 unspecified atom stereocenters. The molecule has 2 heterocycles. The molecule has 1 aromatic heterocycles. The first-order valence-electron chi connectivity index (χ1n) is 8.89. The molecule has 0 saturated carbocycles. The number of carbonyl (C=O) groups is 2. The SMILES string of the molecule is O=C1CC(Sc2nncc(-c3ccc(C(F)(F)F)cc3)n2)C(=O)N1c1ccc(Cl)cc1. The van der Waals surface area contributed by atoms with Crippen molar-refractivity contribution < 1.29 is 22.8 Å². The number of rotatable bonds is 4. The Morgan fingerprint density at radius 3 is 2.35 bits per heavy atom. The molecule has 11 heteroatoms. The number of benzene rings is 2. The summed E-state index contributed by atoms with van der Waals surface area (Å²) in [7, 11) is 0. The van der Waals surface area contributed by atoms with Crippen molar-refractivity contribution in [1.82, 2.24) is 15.2 Å². The van der Waals surface area contributed by atoms with Gasteiger partial charge in [-0.15, -0.1) is 5.10 Å². The molecule has 2 amide bonds. The third-order valence-electron chi connectivity index (χ3n) is 4.49. The van der Waals surface area contributed by atoms with Gasteiger partial charge in [0.25, 0.3) is 0 Å². The summed E-state index contributed by atoms with van der Waals surface area (Å²) in [6.07, 6.45) is -3.16. The van der Waals surface area contributed by atoms with Crippen molar-refractivity contribution in [3.63, 3.8) is 0 Å². The molecule has 0 aliphatic carbocycles. The Bertz CT molecular complexity index is 1140. The molecule has 1 saturated heterocycles. The van der Waals surface area contributed by atoms with Gasteiger partial charge in [-0.3, -0.25) is 9.59 Å². The molecule has 0 N–H and O–H groups in total. The van der Waals surface area contributed by atoms with Gasteiger partial charge in [-0.25, -0.2) is 9.88 Å². The van der Waals surface area contributed by atoms with E-state index in [1.807, 2.05) is 0 Å². The lowest BCUT2D eigenvalue weighted by Gasteiger charge is -2.14. The number of alkyl halides is 3. The Morgan fingerprint density at radius 1 is 1.03 bits per heavy atom. The highest BCUT2D eigenvalue weighted by atomic mass is 35.5. The lowest BCUT2D eigenvalue weighted by atomic mass is 10.1. The summed E-state index contributed by atoms with van der Waals surface area (Å²) in [6.45, 7) is 0. The van der Waals surface area contributed by atoms with E-state index in [9.17, 15) is 22.8 Å². The molecular formula is C20H12ClF3N4O2S. The molecule has 6 nitrogen and oxygen atoms in total. The lowest BCUT2D eigenvalue weighted by Crippen LogP contribution is -2.31. The average molecular weight is 465 g/mol. The normalized spacial score (nSPS) is 16.8. The summed E-state index contributed by atoms with van der Waals surface area (Å²) in [6, 6.07) is 10.8. The summed E-state index contributed by atoms with van der Waals surface area (Å²) >= 11 is 6.83. The van der Waals surface area contributed by atoms with Crippen molar-refractivity contribution in [3.05, 3.63) is 65.3 Å². The Morgan fingerprint density at radius 2 is 1.71 bits per heavy atom. The van der Waals surface area contributed by atoms with Crippen LogP contribution >= 0.6 is 23.4 Å². The van der Waals surface area contributed by atoms with Crippen LogP contribution in [-0.4, -0.2) is 32.2 Å². The van der Waals surface area contributed by atoms with Gasteiger partial charge in [0.15, 0.2) is 0 Å². The van der Waals surface area contributed by atoms with Gasteiger partial charge < -0.3 is 0 Å². The highest BCUT2D eigenvalue weighted by Gasteiger charge is 2.40. The second kappa shape index (κ2) is 8.27. The molecule has 3 aromatic rings. The monoisotopic (exact) mass is 464 g/mol. The van der Waals surface area contributed by atoms with Gasteiger partial charge in [-0.1, -0.05) is 35.5 Å². The first-order chi connectivity index (χ1) is 14.7. The summed E-state index contributed by atoms with van der Waals surface area (Å²) < 4.78 is 38.2. The second-order valence-electron chi connectivity index (χ2n) is 6.55. The minimum atomic E-state index is -4.44. The molecule has 0 bridgehead atoms. The van der Waals surface area contributed by atoms with Gasteiger partial charge in [0.1, 0.15) is 5.25 Å². The molecule has 1 atom stereocenters. The van der Waals surface area contributed by atoms with Gasteiger partial charge in [-0.05, 0) is 36.4 Å². The second-order valence-corrected chi connectivity index (χ2v) is 8.16. The van der Waals surface area contributed by atoms with E-state index in [1.165, 1.54) is 18.3 Å². The van der Waals surface area contributed by atoms with Crippen molar-refractivity contribution in [2.75, 3.05) is 4.90 Å². The maximum atomic E-state index is 12.8. The topological polar surface area (TPSA) is 76.0 Å². The van der Waals surface area contributed by atoms with Crippen LogP contribution in [0.4, 0.5) is 18.9 Å². The van der Waals surface area contributed by atoms with Gasteiger partial charge in [-0.2, -0.15) is 18.3 Å². The highest BCUT2D eigenvalue weighted by molar-refractivity contribution is 8.00. The number of imide groups is 1. The number of carbonyl (C=O) groups excluding carboxylic acids is 2. The zero-order valence-electron chi connectivity index (χ0n) is 15.5. The van der Waals surface area contributed by atoms with Crippen LogP contribution in [-0.2, 0) is 15.8 Å². The van der Waals surface area contributed by atoms with Crippen LogP contribution in [0.1, 0.15) is 12.0 Å². The number of hydrogen-bond donors (Lipinski definition) is 0. The average Bonchev–Trinajstić information content (AvgIpc) is 3.01. The lowest BCUT2D eigenvalue weighted by molar-refractivity contribution is -0.137. The van der Waals surface area contributed by atoms with E-state index in [4.69, 9.17) is 11.6 Å². The fourth-order valence-electron chi connectivity index (χ4n) is 2.99. The predicted octanol–water partition coefficient (Wildman–Crippen LogP) is 4.64. The van der Waals surface area contributed by atoms with E-state index in [-0.39, 0.29) is 17.5 Å². The van der Waals surface area contributed by atoms with Gasteiger partial charge in [0, 0.05) is 17.0 Å². The Hall–Kier alpha value is -2.98. The summed E-state index contributed by atoms with van der Waals surface area (Å²) in [5, 5.41) is 7.58. The van der Waals surface area contributed by atoms with Crippen molar-refractivity contribution in [2.45, 2.75) is 23.0 Å². The van der Waals surface area contributed by atoms with Crippen LogP contribution < -0.4 is 4.90 Å². The largest absolute Gasteiger partial charge is 0.416 e. The Kier molecular flexibility index (Phi) is 5.67. The van der Waals surface area contributed by atoms with Gasteiger partial charge >= 0.3 is 6.18 Å². The van der Waals surface area contributed by atoms with Crippen LogP contribution in [0.5, 0.6) is 0 Å². The number of aromatic nitrogens is 3. The van der Waals surface area contributed by atoms with E-state index in [0.717, 1.165) is 28.8 Å². The highest BCUT2D eigenvalue weighted by Crippen LogP contribution is 2.34. The minimum absolute atomic E-state index is 0.0417. The van der Waals surface area contributed by atoms with Gasteiger partial charge in [0.2, 0.25) is 17.0 Å². The summed E-state index contributed by atoms with van der Waals surface area (Å²) in [4.78, 5) is 30.5. The first-order valence-corrected chi connectivity index (χ1v) is 10.1. The van der Waals surface area contributed by atoms with E-state index in [2.05, 4.69) is 15.2 Å². The molecule has 2 aromatic carbocycles. The van der Waals surface area contributed by atoms with E-state index in [0.29, 0.717) is 22.0 Å². The third kappa shape index (κ3) is 4.54. The van der Waals surface area contributed by atoms with E-state index >= 15 is 0 Å². The summed E-state index contributed by atoms with van der Waals surface area (Å²) in [5.41, 5.74) is 0.365. The third-order valence-corrected chi connectivity index (χ3v) is 5.77. The number of halogens is 4. The van der Waals surface area contributed by atoms with Crippen molar-refractivity contribution >= 4 is 40.9 Å². The number of hydrogen-bond acceptors (Lipinski definition) is 6. The van der Waals surface area contributed by atoms with E-state index < -0.39 is 22.9 Å². The van der Waals surface area contributed by atoms with Crippen LogP contribution in [0.15, 0.2) is 59.9 Å². The standard InChI is InChI=1S/C20H12ClF3N4O2S/c21-13-5-7-14(8-6-13)28-17(29)9-16(18(28)30)31-19-26-15(10-25-27-19)11-1-3-12(4-2-11)20(22,23)24/h1-8,10,16H,9H2. The van der Waals surface area contributed by atoms with Crippen molar-refractivity contribution in [3.8, 4) is 11.3 Å². The molecule has 1 aliphatic heterocycles. The molecule has 158 valence electrons. The maximum Gasteiger partial charge on any atom is 0.416 e. The Balaban J connectivity index is 1.52. The molecule has 1 fully saturated rings. The molecule has 31 heavy (non-hydrogen) atoms. The Labute approximate surface area is 183 Å². The van der Waals surface area contributed by atoms with Crippen molar-refractivity contribution in [2.24, 2.45) is 0 Å². The zero-order chi connectivity index (χ0) is 22.2. The van der Waals surface area contributed by atoms with Crippen molar-refractivity contribution in [1.29, 1.82) is 0 Å². The molecular weight excluding hydrogens is 453 g/mol. The number of amides is 2. The van der Waals surface area contributed by atoms with Crippen LogP contribution in [0.25, 0.3) is 11.3 Å². The fourth-order valence-corrected chi connectivity index (χ4v) is 4.05. The summed E-state index contributed by atoms with van der Waals surface area (Å²) in [5.74, 6) is -0.780.